The number of rotatable bonds is 5. The van der Waals surface area contributed by atoms with Gasteiger partial charge < -0.3 is 4.90 Å². The first kappa shape index (κ1) is 17.7. The van der Waals surface area contributed by atoms with Crippen LogP contribution in [0, 0.1) is 0 Å². The first-order valence-electron chi connectivity index (χ1n) is 8.41. The smallest absolute Gasteiger partial charge is 0.258 e. The van der Waals surface area contributed by atoms with E-state index in [0.29, 0.717) is 22.4 Å². The van der Waals surface area contributed by atoms with Crippen LogP contribution in [0.15, 0.2) is 34.0 Å². The lowest BCUT2D eigenvalue weighted by Gasteiger charge is -2.31. The van der Waals surface area contributed by atoms with Gasteiger partial charge in [-0.3, -0.25) is 14.0 Å². The second-order valence-electron chi connectivity index (χ2n) is 6.18. The third kappa shape index (κ3) is 3.84. The maximum absolute atomic E-state index is 12.5. The summed E-state index contributed by atoms with van der Waals surface area (Å²) in [6.45, 7) is 1.58. The molecule has 4 heterocycles. The van der Waals surface area contributed by atoms with Gasteiger partial charge in [-0.25, -0.2) is 9.97 Å². The molecule has 6 nitrogen and oxygen atoms in total. The Morgan fingerprint density at radius 3 is 3.12 bits per heavy atom. The van der Waals surface area contributed by atoms with Crippen LogP contribution in [0.4, 0.5) is 0 Å². The molecular weight excluding hydrogens is 388 g/mol. The third-order valence-electron chi connectivity index (χ3n) is 4.41. The number of nitrogens with zero attached hydrogens (tertiary/aromatic N) is 4. The van der Waals surface area contributed by atoms with Crippen molar-refractivity contribution in [3.8, 4) is 0 Å². The third-order valence-corrected chi connectivity index (χ3v) is 7.05. The van der Waals surface area contributed by atoms with E-state index in [9.17, 15) is 9.59 Å². The lowest BCUT2D eigenvalue weighted by molar-refractivity contribution is -0.129. The van der Waals surface area contributed by atoms with Crippen LogP contribution in [-0.4, -0.2) is 44.0 Å². The molecule has 9 heteroatoms. The van der Waals surface area contributed by atoms with Gasteiger partial charge in [0.2, 0.25) is 5.91 Å². The summed E-state index contributed by atoms with van der Waals surface area (Å²) in [6, 6.07) is 1.55. The molecule has 0 aliphatic carbocycles. The Morgan fingerprint density at radius 1 is 1.35 bits per heavy atom. The van der Waals surface area contributed by atoms with Crippen LogP contribution in [0.5, 0.6) is 0 Å². The fourth-order valence-corrected chi connectivity index (χ4v) is 5.46. The zero-order valence-corrected chi connectivity index (χ0v) is 16.5. The average Bonchev–Trinajstić information content (AvgIpc) is 3.34. The van der Waals surface area contributed by atoms with Crippen molar-refractivity contribution < 1.29 is 4.79 Å². The first-order chi connectivity index (χ1) is 12.7. The number of fused-ring (bicyclic) bond motifs is 1. The number of hydrogen-bond acceptors (Lipinski definition) is 7. The van der Waals surface area contributed by atoms with Gasteiger partial charge >= 0.3 is 0 Å². The van der Waals surface area contributed by atoms with Crippen LogP contribution in [0.25, 0.3) is 4.96 Å². The molecule has 1 aliphatic heterocycles. The molecule has 1 amide bonds. The van der Waals surface area contributed by atoms with Crippen LogP contribution in [0.3, 0.4) is 0 Å². The number of hydrogen-bond donors (Lipinski definition) is 0. The second-order valence-corrected chi connectivity index (χ2v) is 8.97. The number of carbonyl (C=O) groups excluding carboxylic acids is 1. The summed E-state index contributed by atoms with van der Waals surface area (Å²) in [5.41, 5.74) is 0.662. The Kier molecular flexibility index (Phi) is 5.37. The topological polar surface area (TPSA) is 67.6 Å². The lowest BCUT2D eigenvalue weighted by Crippen LogP contribution is -2.40. The second kappa shape index (κ2) is 7.89. The summed E-state index contributed by atoms with van der Waals surface area (Å²) in [5, 5.41) is 4.97. The van der Waals surface area contributed by atoms with E-state index in [1.807, 2.05) is 21.9 Å². The van der Waals surface area contributed by atoms with Gasteiger partial charge in [-0.05, 0) is 12.8 Å². The maximum Gasteiger partial charge on any atom is 0.258 e. The molecular formula is C17H18N4O2S3. The van der Waals surface area contributed by atoms with Crippen molar-refractivity contribution in [3.05, 3.63) is 50.3 Å². The van der Waals surface area contributed by atoms with Crippen molar-refractivity contribution in [3.63, 3.8) is 0 Å². The van der Waals surface area contributed by atoms with E-state index in [0.717, 1.165) is 36.6 Å². The van der Waals surface area contributed by atoms with Crippen molar-refractivity contribution in [2.45, 2.75) is 24.5 Å². The summed E-state index contributed by atoms with van der Waals surface area (Å²) < 4.78 is 1.54. The van der Waals surface area contributed by atoms with Gasteiger partial charge in [0, 0.05) is 54.0 Å². The Bertz CT molecular complexity index is 950. The molecule has 26 heavy (non-hydrogen) atoms. The molecule has 1 fully saturated rings. The van der Waals surface area contributed by atoms with Crippen LogP contribution in [-0.2, 0) is 10.5 Å². The van der Waals surface area contributed by atoms with E-state index >= 15 is 0 Å². The summed E-state index contributed by atoms with van der Waals surface area (Å²) in [7, 11) is 0. The van der Waals surface area contributed by atoms with E-state index in [2.05, 4.69) is 9.97 Å². The molecule has 0 radical (unpaired) electrons. The summed E-state index contributed by atoms with van der Waals surface area (Å²) in [6.07, 6.45) is 5.68. The summed E-state index contributed by atoms with van der Waals surface area (Å²) in [5.74, 6) is 1.50. The van der Waals surface area contributed by atoms with Crippen LogP contribution in [0.1, 0.15) is 29.5 Å². The van der Waals surface area contributed by atoms with E-state index < -0.39 is 0 Å². The Balaban J connectivity index is 1.32. The monoisotopic (exact) mass is 406 g/mol. The summed E-state index contributed by atoms with van der Waals surface area (Å²) in [4.78, 5) is 36.1. The quantitative estimate of drug-likeness (QED) is 0.652. The highest BCUT2D eigenvalue weighted by molar-refractivity contribution is 7.99. The van der Waals surface area contributed by atoms with Crippen molar-refractivity contribution in [1.82, 2.24) is 19.3 Å². The fraction of sp³-hybridized carbons (Fsp3) is 0.412. The first-order valence-corrected chi connectivity index (χ1v) is 11.3. The van der Waals surface area contributed by atoms with Gasteiger partial charge in [0.05, 0.1) is 16.5 Å². The van der Waals surface area contributed by atoms with Gasteiger partial charge in [-0.2, -0.15) is 0 Å². The number of piperidine rings is 1. The van der Waals surface area contributed by atoms with Crippen LogP contribution >= 0.6 is 34.4 Å². The van der Waals surface area contributed by atoms with Crippen molar-refractivity contribution in [2.75, 3.05) is 18.8 Å². The average molecular weight is 407 g/mol. The number of aromatic nitrogens is 3. The number of amides is 1. The molecule has 0 N–H and O–H groups in total. The minimum absolute atomic E-state index is 0.0690. The minimum atomic E-state index is -0.0690. The SMILES string of the molecule is O=C(CSCc1cc(=O)n2ccsc2n1)N1CCCC(c2nccs2)C1. The highest BCUT2D eigenvalue weighted by atomic mass is 32.2. The fourth-order valence-electron chi connectivity index (χ4n) is 3.14. The summed E-state index contributed by atoms with van der Waals surface area (Å²) >= 11 is 4.62. The zero-order chi connectivity index (χ0) is 17.9. The molecule has 0 aromatic carbocycles. The molecule has 1 unspecified atom stereocenters. The van der Waals surface area contributed by atoms with Crippen LogP contribution in [0.2, 0.25) is 0 Å². The van der Waals surface area contributed by atoms with Gasteiger partial charge in [-0.15, -0.1) is 34.4 Å². The highest BCUT2D eigenvalue weighted by Gasteiger charge is 2.25. The van der Waals surface area contributed by atoms with Gasteiger partial charge in [0.25, 0.3) is 5.56 Å². The van der Waals surface area contributed by atoms with Gasteiger partial charge in [0.1, 0.15) is 0 Å². The lowest BCUT2D eigenvalue weighted by atomic mass is 9.99. The van der Waals surface area contributed by atoms with E-state index in [4.69, 9.17) is 0 Å². The molecule has 4 rings (SSSR count). The standard InChI is InChI=1S/C17H18N4O2S3/c22-14-8-13(19-17-21(14)5-7-26-17)10-24-11-15(23)20-4-1-2-12(9-20)16-18-3-6-25-16/h3,5-8,12H,1-2,4,9-11H2. The predicted molar refractivity (Wildman–Crippen MR) is 106 cm³/mol. The van der Waals surface area contributed by atoms with E-state index in [-0.39, 0.29) is 11.5 Å². The van der Waals surface area contributed by atoms with Crippen molar-refractivity contribution in [1.29, 1.82) is 0 Å². The maximum atomic E-state index is 12.5. The predicted octanol–water partition coefficient (Wildman–Crippen LogP) is 2.85. The van der Waals surface area contributed by atoms with E-state index in [1.165, 1.54) is 27.5 Å². The molecule has 0 spiro atoms. The number of carbonyl (C=O) groups is 1. The Hall–Kier alpha value is -1.71. The molecule has 136 valence electrons. The zero-order valence-electron chi connectivity index (χ0n) is 14.0. The molecule has 0 bridgehead atoms. The van der Waals surface area contributed by atoms with Crippen LogP contribution < -0.4 is 5.56 Å². The normalized spacial score (nSPS) is 17.7. The minimum Gasteiger partial charge on any atom is -0.341 e. The molecule has 0 saturated carbocycles. The Labute approximate surface area is 162 Å². The van der Waals surface area contributed by atoms with Crippen molar-refractivity contribution >= 4 is 45.3 Å². The molecule has 1 saturated heterocycles. The molecule has 1 atom stereocenters. The number of thioether (sulfide) groups is 1. The number of thiazole rings is 2. The van der Waals surface area contributed by atoms with Gasteiger partial charge in [-0.1, -0.05) is 0 Å². The number of likely N-dealkylation sites (tertiary alicyclic amines) is 1. The van der Waals surface area contributed by atoms with E-state index in [1.54, 1.807) is 23.6 Å². The Morgan fingerprint density at radius 2 is 2.27 bits per heavy atom. The molecule has 3 aromatic rings. The molecule has 1 aliphatic rings. The van der Waals surface area contributed by atoms with Crippen molar-refractivity contribution in [2.24, 2.45) is 0 Å². The largest absolute Gasteiger partial charge is 0.341 e. The van der Waals surface area contributed by atoms with Gasteiger partial charge in [0.15, 0.2) is 4.96 Å². The highest BCUT2D eigenvalue weighted by Crippen LogP contribution is 2.28. The molecule has 3 aromatic heterocycles.